The zero-order valence-electron chi connectivity index (χ0n) is 49.3. The molecule has 464 valence electrons. The second-order valence-corrected chi connectivity index (χ2v) is 22.1. The molecule has 1 saturated carbocycles. The molecule has 1 aliphatic heterocycles. The van der Waals surface area contributed by atoms with Gasteiger partial charge < -0.3 is 67.8 Å². The monoisotopic (exact) mass is 1180 g/mol. The lowest BCUT2D eigenvalue weighted by Gasteiger charge is -2.28. The third kappa shape index (κ3) is 27.0. The maximum Gasteiger partial charge on any atom is 0.347 e. The molecule has 11 atom stereocenters. The number of anilines is 1. The Morgan fingerprint density at radius 3 is 1.82 bits per heavy atom. The predicted molar refractivity (Wildman–Crippen MR) is 294 cm³/mol. The minimum Gasteiger partial charge on any atom is -0.470 e. The molecule has 2 heterocycles. The minimum absolute atomic E-state index is 0.0543. The molecule has 26 heteroatoms. The van der Waals surface area contributed by atoms with Crippen molar-refractivity contribution < 1.29 is 101 Å². The topological polar surface area (TPSA) is 327 Å². The number of hydrogen-bond acceptors (Lipinski definition) is 26. The Morgan fingerprint density at radius 2 is 1.26 bits per heavy atom. The summed E-state index contributed by atoms with van der Waals surface area (Å²) in [6.07, 6.45) is 0.727. The lowest BCUT2D eigenvalue weighted by Crippen LogP contribution is -2.45. The van der Waals surface area contributed by atoms with E-state index in [-0.39, 0.29) is 62.1 Å². The third-order valence-corrected chi connectivity index (χ3v) is 13.8. The Hall–Kier alpha value is -5.83. The first-order valence-corrected chi connectivity index (χ1v) is 29.2. The van der Waals surface area contributed by atoms with Crippen molar-refractivity contribution in [1.82, 2.24) is 14.1 Å². The molecule has 0 aromatic carbocycles. The van der Waals surface area contributed by atoms with Gasteiger partial charge in [-0.15, -0.1) is 4.37 Å². The molecule has 25 nitrogen and oxygen atoms in total. The van der Waals surface area contributed by atoms with E-state index in [1.807, 2.05) is 37.8 Å². The first-order valence-electron chi connectivity index (χ1n) is 28.4. The van der Waals surface area contributed by atoms with E-state index in [1.165, 1.54) is 27.7 Å². The van der Waals surface area contributed by atoms with Gasteiger partial charge >= 0.3 is 53.7 Å². The van der Waals surface area contributed by atoms with Crippen molar-refractivity contribution >= 4 is 71.3 Å². The molecule has 0 radical (unpaired) electrons. The number of allylic oxidation sites excluding steroid dienone is 2. The Morgan fingerprint density at radius 1 is 0.707 bits per heavy atom. The van der Waals surface area contributed by atoms with Gasteiger partial charge in [0.1, 0.15) is 18.8 Å². The van der Waals surface area contributed by atoms with E-state index < -0.39 is 109 Å². The Labute approximate surface area is 484 Å². The maximum atomic E-state index is 13.1. The van der Waals surface area contributed by atoms with E-state index in [4.69, 9.17) is 47.4 Å². The van der Waals surface area contributed by atoms with Gasteiger partial charge in [0.15, 0.2) is 30.5 Å². The normalized spacial score (nSPS) is 19.8. The van der Waals surface area contributed by atoms with E-state index in [2.05, 4.69) is 21.0 Å². The molecule has 6 unspecified atom stereocenters. The van der Waals surface area contributed by atoms with Crippen LogP contribution in [-0.2, 0) is 85.8 Å². The first kappa shape index (κ1) is 70.4. The van der Waals surface area contributed by atoms with Crippen LogP contribution >= 0.6 is 11.7 Å². The number of esters is 9. The highest BCUT2D eigenvalue weighted by Crippen LogP contribution is 2.40. The average molecular weight is 1190 g/mol. The van der Waals surface area contributed by atoms with Gasteiger partial charge in [-0.05, 0) is 106 Å². The number of nitrogens with zero attached hydrogens (tertiary/aromatic N) is 3. The lowest BCUT2D eigenvalue weighted by molar-refractivity contribution is -0.187. The largest absolute Gasteiger partial charge is 0.470 e. The van der Waals surface area contributed by atoms with Crippen LogP contribution in [0.2, 0.25) is 0 Å². The summed E-state index contributed by atoms with van der Waals surface area (Å²) in [5.74, 6) is -7.91. The number of morpholine rings is 1. The van der Waals surface area contributed by atoms with E-state index in [1.54, 1.807) is 0 Å². The van der Waals surface area contributed by atoms with Crippen LogP contribution in [0.25, 0.3) is 0 Å². The number of carbonyl (C=O) groups excluding carboxylic acids is 9. The van der Waals surface area contributed by atoms with Crippen molar-refractivity contribution in [3.8, 4) is 5.88 Å². The van der Waals surface area contributed by atoms with Gasteiger partial charge in [0.25, 0.3) is 5.88 Å². The fourth-order valence-corrected chi connectivity index (χ4v) is 9.23. The fraction of sp³-hybridized carbons (Fsp3) is 0.768. The molecule has 1 saturated heterocycles. The summed E-state index contributed by atoms with van der Waals surface area (Å²) in [4.78, 5) is 115. The first-order chi connectivity index (χ1) is 38.8. The number of carbonyl (C=O) groups is 9. The Balaban J connectivity index is 1.32. The highest BCUT2D eigenvalue weighted by atomic mass is 32.1. The highest BCUT2D eigenvalue weighted by molar-refractivity contribution is 6.99. The molecule has 2 aliphatic rings. The van der Waals surface area contributed by atoms with Crippen molar-refractivity contribution in [3.63, 3.8) is 0 Å². The van der Waals surface area contributed by atoms with Gasteiger partial charge in [0, 0.05) is 63.7 Å². The van der Waals surface area contributed by atoms with Crippen LogP contribution in [0.3, 0.4) is 0 Å². The smallest absolute Gasteiger partial charge is 0.347 e. The van der Waals surface area contributed by atoms with Crippen LogP contribution in [0.4, 0.5) is 5.82 Å². The SMILES string of the molecule is CCCCCC[C@@H](O)CC[C@H]1[C@H](C/C=C\CCCC(=O)OC(=O)CCCC(=O)OC(C)C(=O)OC(C)C(=O)OC(C)C(=O)OC(C)C(=O)OC(C)C(=O)OC(CNC(C)(C)C)COc2nsnc2N2CCOCC2)[C@H](OC(C)=O)C[C@@H]1O. The van der Waals surface area contributed by atoms with Gasteiger partial charge in [-0.3, -0.25) is 19.2 Å². The summed E-state index contributed by atoms with van der Waals surface area (Å²) < 4.78 is 61.5. The molecule has 1 aromatic heterocycles. The fourth-order valence-electron chi connectivity index (χ4n) is 8.71. The summed E-state index contributed by atoms with van der Waals surface area (Å²) >= 11 is 0.974. The standard InChI is InChI=1S/C56H88N4O21S/c1-11-12-13-16-20-40(62)25-26-42-43(45(31-44(42)63)79-39(7)61)21-17-14-15-18-22-47(65)81-48(66)24-19-23-46(64)74-34(2)51(67)75-35(3)52(68)76-36(4)53(69)77-37(5)54(70)78-38(6)55(71)80-41(32-57-56(8,9)10)33-73-50-49(58-82-59-50)60-27-29-72-30-28-60/h14,17,34-38,40-45,57,62-63H,11-13,15-16,18-33H2,1-10H3/b17-14-/t34?,35?,36?,37?,38?,40-,41?,42+,43+,44+,45-/m1/s1. The van der Waals surface area contributed by atoms with Crippen molar-refractivity contribution in [2.24, 2.45) is 11.8 Å². The van der Waals surface area contributed by atoms with Crippen molar-refractivity contribution in [2.45, 2.75) is 226 Å². The molecule has 82 heavy (non-hydrogen) atoms. The van der Waals surface area contributed by atoms with Crippen molar-refractivity contribution in [2.75, 3.05) is 44.4 Å². The average Bonchev–Trinajstić information content (AvgIpc) is 4.14. The van der Waals surface area contributed by atoms with Gasteiger partial charge in [-0.2, -0.15) is 4.37 Å². The molecule has 3 rings (SSSR count). The van der Waals surface area contributed by atoms with Crippen LogP contribution in [0.15, 0.2) is 12.2 Å². The zero-order chi connectivity index (χ0) is 60.9. The van der Waals surface area contributed by atoms with Crippen LogP contribution < -0.4 is 15.0 Å². The molecule has 0 bridgehead atoms. The number of hydrogen-bond donors (Lipinski definition) is 3. The highest BCUT2D eigenvalue weighted by Gasteiger charge is 2.43. The lowest BCUT2D eigenvalue weighted by atomic mass is 9.85. The number of aliphatic hydroxyl groups is 2. The van der Waals surface area contributed by atoms with Crippen molar-refractivity contribution in [1.29, 1.82) is 0 Å². The predicted octanol–water partition coefficient (Wildman–Crippen LogP) is 5.11. The van der Waals surface area contributed by atoms with E-state index in [0.29, 0.717) is 77.1 Å². The molecular formula is C56H88N4O21S. The molecule has 1 aromatic rings. The summed E-state index contributed by atoms with van der Waals surface area (Å²) in [6.45, 7) is 17.4. The molecule has 1 aliphatic carbocycles. The summed E-state index contributed by atoms with van der Waals surface area (Å²) in [5, 5.41) is 24.6. The van der Waals surface area contributed by atoms with E-state index in [0.717, 1.165) is 51.3 Å². The van der Waals surface area contributed by atoms with Crippen LogP contribution in [0.1, 0.15) is 166 Å². The van der Waals surface area contributed by atoms with Gasteiger partial charge in [-0.1, -0.05) is 44.8 Å². The van der Waals surface area contributed by atoms with Gasteiger partial charge in [0.05, 0.1) is 37.1 Å². The van der Waals surface area contributed by atoms with Gasteiger partial charge in [-0.25, -0.2) is 24.0 Å². The molecular weight excluding hydrogens is 1100 g/mol. The molecule has 0 amide bonds. The van der Waals surface area contributed by atoms with Crippen molar-refractivity contribution in [3.05, 3.63) is 12.2 Å². The molecule has 3 N–H and O–H groups in total. The minimum atomic E-state index is -1.61. The number of ether oxygens (including phenoxy) is 10. The summed E-state index contributed by atoms with van der Waals surface area (Å²) in [7, 11) is 0. The number of unbranched alkanes of at least 4 members (excludes halogenated alkanes) is 4. The Kier molecular flexibility index (Phi) is 31.5. The summed E-state index contributed by atoms with van der Waals surface area (Å²) in [6, 6.07) is 0. The van der Waals surface area contributed by atoms with Gasteiger partial charge in [0.2, 0.25) is 5.82 Å². The van der Waals surface area contributed by atoms with Crippen LogP contribution in [0, 0.1) is 11.8 Å². The number of nitrogens with one attached hydrogen (secondary N) is 1. The third-order valence-electron chi connectivity index (χ3n) is 13.3. The second kappa shape index (κ2) is 36.7. The van der Waals surface area contributed by atoms with E-state index >= 15 is 0 Å². The van der Waals surface area contributed by atoms with Crippen LogP contribution in [-0.4, -0.2) is 173 Å². The maximum absolute atomic E-state index is 13.1. The second-order valence-electron chi connectivity index (χ2n) is 21.6. The number of rotatable bonds is 36. The van der Waals surface area contributed by atoms with Crippen LogP contribution in [0.5, 0.6) is 5.88 Å². The van der Waals surface area contributed by atoms with E-state index in [9.17, 15) is 53.4 Å². The molecule has 2 fully saturated rings. The Bertz CT molecular complexity index is 2230. The molecule has 0 spiro atoms. The summed E-state index contributed by atoms with van der Waals surface area (Å²) in [5.41, 5.74) is -0.357. The quantitative estimate of drug-likeness (QED) is 0.0258. The number of aliphatic hydroxyl groups excluding tert-OH is 2. The number of aromatic nitrogens is 2. The zero-order valence-corrected chi connectivity index (χ0v) is 50.1.